The molecule has 2 aromatic carbocycles. The molecule has 0 saturated heterocycles. The van der Waals surface area contributed by atoms with Crippen LogP contribution in [0.15, 0.2) is 58.9 Å². The van der Waals surface area contributed by atoms with Crippen LogP contribution in [0, 0.1) is 0 Å². The lowest BCUT2D eigenvalue weighted by Gasteiger charge is -2.18. The van der Waals surface area contributed by atoms with Gasteiger partial charge in [0, 0.05) is 16.9 Å². The van der Waals surface area contributed by atoms with Gasteiger partial charge >= 0.3 is 0 Å². The lowest BCUT2D eigenvalue weighted by atomic mass is 9.87. The fourth-order valence-electron chi connectivity index (χ4n) is 2.46. The lowest BCUT2D eigenvalue weighted by molar-refractivity contribution is -0.111. The van der Waals surface area contributed by atoms with Gasteiger partial charge in [0.15, 0.2) is 4.34 Å². The molecule has 1 amide bonds. The molecular formula is C22H22ClN3OS2. The Kier molecular flexibility index (Phi) is 7.11. The zero-order valence-corrected chi connectivity index (χ0v) is 18.9. The van der Waals surface area contributed by atoms with Crippen LogP contribution in [0.4, 0.5) is 5.13 Å². The summed E-state index contributed by atoms with van der Waals surface area (Å²) < 4.78 is 0.803. The van der Waals surface area contributed by atoms with E-state index in [1.165, 1.54) is 23.0 Å². The molecule has 0 unspecified atom stereocenters. The topological polar surface area (TPSA) is 54.9 Å². The van der Waals surface area contributed by atoms with Gasteiger partial charge in [-0.1, -0.05) is 91.9 Å². The van der Waals surface area contributed by atoms with E-state index in [0.29, 0.717) is 5.13 Å². The van der Waals surface area contributed by atoms with Gasteiger partial charge in [-0.2, -0.15) is 0 Å². The average Bonchev–Trinajstić information content (AvgIpc) is 3.13. The van der Waals surface area contributed by atoms with Crippen molar-refractivity contribution in [3.63, 3.8) is 0 Å². The van der Waals surface area contributed by atoms with Gasteiger partial charge < -0.3 is 0 Å². The summed E-state index contributed by atoms with van der Waals surface area (Å²) in [4.78, 5) is 12.2. The van der Waals surface area contributed by atoms with Gasteiger partial charge in [-0.3, -0.25) is 10.1 Å². The van der Waals surface area contributed by atoms with Crippen molar-refractivity contribution in [1.82, 2.24) is 10.2 Å². The largest absolute Gasteiger partial charge is 0.297 e. The van der Waals surface area contributed by atoms with E-state index in [1.54, 1.807) is 17.8 Å². The van der Waals surface area contributed by atoms with E-state index in [4.69, 9.17) is 11.6 Å². The Morgan fingerprint density at radius 3 is 2.45 bits per heavy atom. The Hall–Kier alpha value is -2.15. The zero-order valence-electron chi connectivity index (χ0n) is 16.5. The maximum Gasteiger partial charge on any atom is 0.250 e. The molecule has 29 heavy (non-hydrogen) atoms. The summed E-state index contributed by atoms with van der Waals surface area (Å²) >= 11 is 8.83. The van der Waals surface area contributed by atoms with Gasteiger partial charge in [0.25, 0.3) is 0 Å². The first kappa shape index (κ1) is 21.6. The number of anilines is 1. The SMILES string of the molecule is CC(C)(C)c1ccc(/C=C/C(=O)Nc2nnc(SCc3ccc(Cl)cc3)s2)cc1. The van der Waals surface area contributed by atoms with E-state index in [0.717, 1.165) is 26.2 Å². The first-order valence-corrected chi connectivity index (χ1v) is 11.3. The normalized spacial score (nSPS) is 11.7. The molecule has 0 aliphatic rings. The van der Waals surface area contributed by atoms with Gasteiger partial charge in [0.05, 0.1) is 0 Å². The second-order valence-corrected chi connectivity index (χ2v) is 10.1. The summed E-state index contributed by atoms with van der Waals surface area (Å²) in [6, 6.07) is 15.9. The highest BCUT2D eigenvalue weighted by Gasteiger charge is 2.12. The number of hydrogen-bond donors (Lipinski definition) is 1. The van der Waals surface area contributed by atoms with Crippen molar-refractivity contribution in [2.75, 3.05) is 5.32 Å². The number of amides is 1. The van der Waals surface area contributed by atoms with E-state index < -0.39 is 0 Å². The number of carbonyl (C=O) groups is 1. The summed E-state index contributed by atoms with van der Waals surface area (Å²) in [5.41, 5.74) is 3.50. The molecule has 1 heterocycles. The second kappa shape index (κ2) is 9.57. The number of hydrogen-bond acceptors (Lipinski definition) is 5. The Balaban J connectivity index is 1.51. The second-order valence-electron chi connectivity index (χ2n) is 7.48. The minimum atomic E-state index is -0.227. The molecule has 150 valence electrons. The first-order chi connectivity index (χ1) is 13.8. The third kappa shape index (κ3) is 6.70. The Bertz CT molecular complexity index is 990. The van der Waals surface area contributed by atoms with E-state index >= 15 is 0 Å². The molecule has 3 aromatic rings. The summed E-state index contributed by atoms with van der Waals surface area (Å²) in [5, 5.41) is 12.1. The van der Waals surface area contributed by atoms with Crippen molar-refractivity contribution in [2.24, 2.45) is 0 Å². The van der Waals surface area contributed by atoms with E-state index in [-0.39, 0.29) is 11.3 Å². The number of nitrogens with one attached hydrogen (secondary N) is 1. The van der Waals surface area contributed by atoms with Crippen LogP contribution in [0.5, 0.6) is 0 Å². The number of benzene rings is 2. The molecule has 0 spiro atoms. The smallest absolute Gasteiger partial charge is 0.250 e. The maximum atomic E-state index is 12.2. The minimum Gasteiger partial charge on any atom is -0.297 e. The Morgan fingerprint density at radius 2 is 1.79 bits per heavy atom. The van der Waals surface area contributed by atoms with Gasteiger partial charge in [0.1, 0.15) is 0 Å². The van der Waals surface area contributed by atoms with E-state index in [1.807, 2.05) is 36.4 Å². The lowest BCUT2D eigenvalue weighted by Crippen LogP contribution is -2.10. The molecule has 0 saturated carbocycles. The maximum absolute atomic E-state index is 12.2. The number of carbonyl (C=O) groups excluding carboxylic acids is 1. The standard InChI is InChI=1S/C22H22ClN3OS2/c1-22(2,3)17-9-4-15(5-10-17)8-13-19(27)24-20-25-26-21(29-20)28-14-16-6-11-18(23)12-7-16/h4-13H,14H2,1-3H3,(H,24,25,27)/b13-8+. The molecule has 0 atom stereocenters. The van der Waals surface area contributed by atoms with Crippen LogP contribution >= 0.6 is 34.7 Å². The van der Waals surface area contributed by atoms with Crippen molar-refractivity contribution in [3.8, 4) is 0 Å². The number of nitrogens with zero attached hydrogens (tertiary/aromatic N) is 2. The monoisotopic (exact) mass is 443 g/mol. The van der Waals surface area contributed by atoms with Crippen LogP contribution in [0.1, 0.15) is 37.5 Å². The minimum absolute atomic E-state index is 0.112. The average molecular weight is 444 g/mol. The van der Waals surface area contributed by atoms with Crippen molar-refractivity contribution in [1.29, 1.82) is 0 Å². The predicted octanol–water partition coefficient (Wildman–Crippen LogP) is 6.43. The van der Waals surface area contributed by atoms with E-state index in [2.05, 4.69) is 48.4 Å². The number of aromatic nitrogens is 2. The summed E-state index contributed by atoms with van der Waals surface area (Å²) in [5.74, 6) is 0.541. The van der Waals surface area contributed by atoms with Crippen LogP contribution in [0.2, 0.25) is 5.02 Å². The molecule has 1 aromatic heterocycles. The van der Waals surface area contributed by atoms with Crippen molar-refractivity contribution >= 4 is 51.8 Å². The van der Waals surface area contributed by atoms with Gasteiger partial charge in [-0.05, 0) is 40.3 Å². The van der Waals surface area contributed by atoms with Crippen LogP contribution in [-0.2, 0) is 16.0 Å². The van der Waals surface area contributed by atoms with Crippen LogP contribution in [-0.4, -0.2) is 16.1 Å². The predicted molar refractivity (Wildman–Crippen MR) is 124 cm³/mol. The summed E-state index contributed by atoms with van der Waals surface area (Å²) in [6.07, 6.45) is 3.30. The molecule has 0 aliphatic carbocycles. The van der Waals surface area contributed by atoms with Crippen molar-refractivity contribution < 1.29 is 4.79 Å². The van der Waals surface area contributed by atoms with Gasteiger partial charge in [0.2, 0.25) is 11.0 Å². The van der Waals surface area contributed by atoms with E-state index in [9.17, 15) is 4.79 Å². The highest BCUT2D eigenvalue weighted by molar-refractivity contribution is 8.00. The number of thioether (sulfide) groups is 1. The summed E-state index contributed by atoms with van der Waals surface area (Å²) in [7, 11) is 0. The zero-order chi connectivity index (χ0) is 20.9. The quantitative estimate of drug-likeness (QED) is 0.271. The van der Waals surface area contributed by atoms with Crippen molar-refractivity contribution in [3.05, 3.63) is 76.3 Å². The molecule has 3 rings (SSSR count). The molecular weight excluding hydrogens is 422 g/mol. The molecule has 0 bridgehead atoms. The fourth-order valence-corrected chi connectivity index (χ4v) is 4.29. The van der Waals surface area contributed by atoms with Gasteiger partial charge in [-0.15, -0.1) is 10.2 Å². The summed E-state index contributed by atoms with van der Waals surface area (Å²) in [6.45, 7) is 6.53. The highest BCUT2D eigenvalue weighted by atomic mass is 35.5. The fraction of sp³-hybridized carbons (Fsp3) is 0.227. The first-order valence-electron chi connectivity index (χ1n) is 9.10. The van der Waals surface area contributed by atoms with Crippen LogP contribution in [0.25, 0.3) is 6.08 Å². The third-order valence-electron chi connectivity index (χ3n) is 4.12. The van der Waals surface area contributed by atoms with Gasteiger partial charge in [-0.25, -0.2) is 0 Å². The van der Waals surface area contributed by atoms with Crippen molar-refractivity contribution in [2.45, 2.75) is 36.3 Å². The van der Waals surface area contributed by atoms with Crippen LogP contribution < -0.4 is 5.32 Å². The molecule has 0 aliphatic heterocycles. The molecule has 7 heteroatoms. The Morgan fingerprint density at radius 1 is 1.10 bits per heavy atom. The van der Waals surface area contributed by atoms with Crippen LogP contribution in [0.3, 0.4) is 0 Å². The molecule has 0 fully saturated rings. The molecule has 1 N–H and O–H groups in total. The molecule has 0 radical (unpaired) electrons. The highest BCUT2D eigenvalue weighted by Crippen LogP contribution is 2.28. The number of rotatable bonds is 6. The Labute approximate surface area is 184 Å². The molecule has 4 nitrogen and oxygen atoms in total. The third-order valence-corrected chi connectivity index (χ3v) is 6.41. The number of halogens is 1.